The lowest BCUT2D eigenvalue weighted by molar-refractivity contribution is 0.0528. The van der Waals surface area contributed by atoms with E-state index in [2.05, 4.69) is 22.0 Å². The molecular formula is C21H27N3O2S2. The van der Waals surface area contributed by atoms with Crippen molar-refractivity contribution in [3.05, 3.63) is 42.0 Å². The number of rotatable bonds is 6. The predicted molar refractivity (Wildman–Crippen MR) is 120 cm³/mol. The molecule has 0 amide bonds. The van der Waals surface area contributed by atoms with Crippen molar-refractivity contribution in [2.45, 2.75) is 20.3 Å². The van der Waals surface area contributed by atoms with Crippen molar-refractivity contribution < 1.29 is 9.53 Å². The first-order valence-electron chi connectivity index (χ1n) is 9.77. The van der Waals surface area contributed by atoms with Gasteiger partial charge in [0.15, 0.2) is 5.11 Å². The van der Waals surface area contributed by atoms with Crippen LogP contribution < -0.4 is 5.32 Å². The number of piperazine rings is 1. The molecule has 2 heterocycles. The summed E-state index contributed by atoms with van der Waals surface area (Å²) in [6, 6.07) is 11.9. The second kappa shape index (κ2) is 10.0. The van der Waals surface area contributed by atoms with Gasteiger partial charge >= 0.3 is 5.97 Å². The van der Waals surface area contributed by atoms with E-state index in [0.717, 1.165) is 48.2 Å². The smallest absolute Gasteiger partial charge is 0.341 e. The molecule has 28 heavy (non-hydrogen) atoms. The highest BCUT2D eigenvalue weighted by Gasteiger charge is 2.22. The summed E-state index contributed by atoms with van der Waals surface area (Å²) in [5, 5.41) is 4.73. The van der Waals surface area contributed by atoms with E-state index >= 15 is 0 Å². The normalized spacial score (nSPS) is 14.7. The molecular weight excluding hydrogens is 390 g/mol. The minimum Gasteiger partial charge on any atom is -0.462 e. The molecule has 1 fully saturated rings. The van der Waals surface area contributed by atoms with E-state index in [9.17, 15) is 4.79 Å². The lowest BCUT2D eigenvalue weighted by Crippen LogP contribution is -2.50. The number of hydrogen-bond acceptors (Lipinski definition) is 5. The maximum Gasteiger partial charge on any atom is 0.341 e. The molecule has 0 saturated carbocycles. The molecule has 0 unspecified atom stereocenters. The van der Waals surface area contributed by atoms with E-state index in [0.29, 0.717) is 17.3 Å². The number of thiophene rings is 1. The summed E-state index contributed by atoms with van der Waals surface area (Å²) in [4.78, 5) is 18.1. The molecule has 0 bridgehead atoms. The van der Waals surface area contributed by atoms with Crippen LogP contribution in [0.1, 0.15) is 30.6 Å². The fourth-order valence-electron chi connectivity index (χ4n) is 3.26. The molecule has 2 aromatic rings. The quantitative estimate of drug-likeness (QED) is 0.558. The average molecular weight is 418 g/mol. The minimum absolute atomic E-state index is 0.320. The average Bonchev–Trinajstić information content (AvgIpc) is 3.13. The van der Waals surface area contributed by atoms with Crippen molar-refractivity contribution >= 4 is 39.6 Å². The van der Waals surface area contributed by atoms with E-state index in [-0.39, 0.29) is 5.97 Å². The number of esters is 1. The van der Waals surface area contributed by atoms with Gasteiger partial charge in [0, 0.05) is 31.1 Å². The fourth-order valence-corrected chi connectivity index (χ4v) is 4.66. The van der Waals surface area contributed by atoms with E-state index in [1.54, 1.807) is 0 Å². The number of thiocarbonyl (C=S) groups is 1. The highest BCUT2D eigenvalue weighted by molar-refractivity contribution is 7.80. The van der Waals surface area contributed by atoms with Crippen LogP contribution in [0.2, 0.25) is 0 Å². The van der Waals surface area contributed by atoms with Gasteiger partial charge in [-0.2, -0.15) is 0 Å². The Hall–Kier alpha value is -1.96. The summed E-state index contributed by atoms with van der Waals surface area (Å²) in [6.45, 7) is 9.33. The summed E-state index contributed by atoms with van der Waals surface area (Å²) in [6.07, 6.45) is 1.17. The molecule has 0 atom stereocenters. The summed E-state index contributed by atoms with van der Waals surface area (Å²) in [5.41, 5.74) is 1.61. The Balaban J connectivity index is 1.75. The molecule has 0 spiro atoms. The predicted octanol–water partition coefficient (Wildman–Crippen LogP) is 4.32. The zero-order chi connectivity index (χ0) is 19.9. The van der Waals surface area contributed by atoms with Gasteiger partial charge in [0.1, 0.15) is 5.00 Å². The Morgan fingerprint density at radius 3 is 2.54 bits per heavy atom. The summed E-state index contributed by atoms with van der Waals surface area (Å²) < 4.78 is 5.25. The highest BCUT2D eigenvalue weighted by atomic mass is 32.1. The van der Waals surface area contributed by atoms with Crippen LogP contribution in [0.5, 0.6) is 0 Å². The zero-order valence-corrected chi connectivity index (χ0v) is 18.1. The number of nitrogens with one attached hydrogen (secondary N) is 1. The van der Waals surface area contributed by atoms with Gasteiger partial charge in [-0.25, -0.2) is 4.79 Å². The first-order valence-corrected chi connectivity index (χ1v) is 11.0. The van der Waals surface area contributed by atoms with Gasteiger partial charge in [-0.05, 0) is 43.7 Å². The number of nitrogens with zero attached hydrogens (tertiary/aromatic N) is 2. The zero-order valence-electron chi connectivity index (χ0n) is 16.4. The van der Waals surface area contributed by atoms with Gasteiger partial charge in [-0.3, -0.25) is 4.90 Å². The molecule has 7 heteroatoms. The van der Waals surface area contributed by atoms with Crippen LogP contribution in [0.4, 0.5) is 5.00 Å². The molecule has 5 nitrogen and oxygen atoms in total. The Bertz CT molecular complexity index is 799. The molecule has 1 aliphatic rings. The SMILES string of the molecule is CCCN1CCN(C(=S)Nc2sc(-c3ccccc3)cc2C(=O)OCC)CC1. The number of anilines is 1. The number of hydrogen-bond donors (Lipinski definition) is 1. The molecule has 150 valence electrons. The van der Waals surface area contributed by atoms with Crippen molar-refractivity contribution in [2.75, 3.05) is 44.6 Å². The molecule has 0 radical (unpaired) electrons. The molecule has 1 saturated heterocycles. The van der Waals surface area contributed by atoms with Crippen molar-refractivity contribution in [3.8, 4) is 10.4 Å². The molecule has 1 aromatic carbocycles. The highest BCUT2D eigenvalue weighted by Crippen LogP contribution is 2.36. The van der Waals surface area contributed by atoms with Gasteiger partial charge in [0.05, 0.1) is 12.2 Å². The van der Waals surface area contributed by atoms with Gasteiger partial charge in [-0.15, -0.1) is 11.3 Å². The van der Waals surface area contributed by atoms with Crippen LogP contribution in [0.15, 0.2) is 36.4 Å². The number of carbonyl (C=O) groups excluding carboxylic acids is 1. The third-order valence-electron chi connectivity index (χ3n) is 4.71. The fraction of sp³-hybridized carbons (Fsp3) is 0.429. The first-order chi connectivity index (χ1) is 13.6. The standard InChI is InChI=1S/C21H27N3O2S2/c1-3-10-23-11-13-24(14-12-23)21(27)22-19-17(20(25)26-4-2)15-18(28-19)16-8-6-5-7-9-16/h5-9,15H,3-4,10-14H2,1-2H3,(H,22,27). The van der Waals surface area contributed by atoms with Crippen molar-refractivity contribution in [1.29, 1.82) is 0 Å². The monoisotopic (exact) mass is 417 g/mol. The second-order valence-corrected chi connectivity index (χ2v) is 8.14. The van der Waals surface area contributed by atoms with Gasteiger partial charge in [-0.1, -0.05) is 37.3 Å². The number of ether oxygens (including phenoxy) is 1. The van der Waals surface area contributed by atoms with Crippen LogP contribution >= 0.6 is 23.6 Å². The van der Waals surface area contributed by atoms with E-state index in [1.807, 2.05) is 43.3 Å². The van der Waals surface area contributed by atoms with Crippen LogP contribution in [-0.4, -0.2) is 60.2 Å². The van der Waals surface area contributed by atoms with Crippen LogP contribution in [0.25, 0.3) is 10.4 Å². The Morgan fingerprint density at radius 2 is 1.89 bits per heavy atom. The van der Waals surface area contributed by atoms with Crippen LogP contribution in [-0.2, 0) is 4.74 Å². The summed E-state index contributed by atoms with van der Waals surface area (Å²) in [7, 11) is 0. The van der Waals surface area contributed by atoms with E-state index in [4.69, 9.17) is 17.0 Å². The van der Waals surface area contributed by atoms with Gasteiger partial charge in [0.2, 0.25) is 0 Å². The third-order valence-corrected chi connectivity index (χ3v) is 6.17. The summed E-state index contributed by atoms with van der Waals surface area (Å²) >= 11 is 7.18. The minimum atomic E-state index is -0.320. The molecule has 3 rings (SSSR count). The van der Waals surface area contributed by atoms with E-state index < -0.39 is 0 Å². The maximum atomic E-state index is 12.5. The Kier molecular flexibility index (Phi) is 7.42. The second-order valence-electron chi connectivity index (χ2n) is 6.70. The molecule has 1 N–H and O–H groups in total. The van der Waals surface area contributed by atoms with Gasteiger partial charge in [0.25, 0.3) is 0 Å². The first kappa shape index (κ1) is 20.8. The lowest BCUT2D eigenvalue weighted by atomic mass is 10.1. The van der Waals surface area contributed by atoms with E-state index in [1.165, 1.54) is 17.8 Å². The Morgan fingerprint density at radius 1 is 1.18 bits per heavy atom. The van der Waals surface area contributed by atoms with Crippen molar-refractivity contribution in [1.82, 2.24) is 9.80 Å². The molecule has 1 aromatic heterocycles. The summed E-state index contributed by atoms with van der Waals surface area (Å²) in [5.74, 6) is -0.320. The third kappa shape index (κ3) is 5.10. The van der Waals surface area contributed by atoms with Crippen molar-refractivity contribution in [2.24, 2.45) is 0 Å². The number of benzene rings is 1. The molecule has 0 aliphatic carbocycles. The van der Waals surface area contributed by atoms with Crippen LogP contribution in [0, 0.1) is 0 Å². The lowest BCUT2D eigenvalue weighted by Gasteiger charge is -2.36. The van der Waals surface area contributed by atoms with Crippen molar-refractivity contribution in [3.63, 3.8) is 0 Å². The number of carbonyl (C=O) groups is 1. The maximum absolute atomic E-state index is 12.5. The Labute approximate surface area is 176 Å². The topological polar surface area (TPSA) is 44.8 Å². The molecule has 1 aliphatic heterocycles. The van der Waals surface area contributed by atoms with Crippen LogP contribution in [0.3, 0.4) is 0 Å². The largest absolute Gasteiger partial charge is 0.462 e. The van der Waals surface area contributed by atoms with Gasteiger partial charge < -0.3 is 15.0 Å².